The van der Waals surface area contributed by atoms with E-state index in [4.69, 9.17) is 0 Å². The normalized spacial score (nSPS) is 17.6. The highest BCUT2D eigenvalue weighted by molar-refractivity contribution is 8.01. The van der Waals surface area contributed by atoms with Gasteiger partial charge in [0.15, 0.2) is 5.96 Å². The third-order valence-electron chi connectivity index (χ3n) is 5.24. The molecule has 2 aromatic rings. The molecule has 0 saturated heterocycles. The molecule has 4 nitrogen and oxygen atoms in total. The number of anilines is 1. The Morgan fingerprint density at radius 2 is 1.82 bits per heavy atom. The minimum atomic E-state index is 0.307. The van der Waals surface area contributed by atoms with Gasteiger partial charge in [-0.25, -0.2) is 0 Å². The van der Waals surface area contributed by atoms with Crippen molar-refractivity contribution in [2.24, 2.45) is 4.99 Å². The molecule has 28 heavy (non-hydrogen) atoms. The molecule has 0 bridgehead atoms. The van der Waals surface area contributed by atoms with Crippen LogP contribution in [0.15, 0.2) is 76.6 Å². The molecule has 0 amide bonds. The van der Waals surface area contributed by atoms with Crippen LogP contribution < -0.4 is 15.5 Å². The number of benzene rings is 2. The zero-order chi connectivity index (χ0) is 19.2. The summed E-state index contributed by atoms with van der Waals surface area (Å²) in [5.74, 6) is 0.869. The van der Waals surface area contributed by atoms with E-state index in [0.717, 1.165) is 32.1 Å². The lowest BCUT2D eigenvalue weighted by atomic mass is 10.2. The molecule has 0 unspecified atom stereocenters. The molecule has 0 atom stereocenters. The lowest BCUT2D eigenvalue weighted by Gasteiger charge is -2.20. The van der Waals surface area contributed by atoms with Crippen LogP contribution in [0.3, 0.4) is 0 Å². The van der Waals surface area contributed by atoms with Crippen molar-refractivity contribution in [3.63, 3.8) is 0 Å². The van der Waals surface area contributed by atoms with Gasteiger partial charge in [0.05, 0.1) is 0 Å². The maximum absolute atomic E-state index is 4.41. The number of rotatable bonds is 7. The molecule has 146 valence electrons. The van der Waals surface area contributed by atoms with Gasteiger partial charge in [-0.2, -0.15) is 0 Å². The summed E-state index contributed by atoms with van der Waals surface area (Å²) in [5.41, 5.74) is 2.55. The van der Waals surface area contributed by atoms with Crippen LogP contribution in [0.2, 0.25) is 0 Å². The van der Waals surface area contributed by atoms with E-state index >= 15 is 0 Å². The first-order valence-electron chi connectivity index (χ1n) is 9.94. The molecule has 1 saturated carbocycles. The number of aliphatic imine (C=N–C) groups is 1. The first-order valence-corrected chi connectivity index (χ1v) is 10.8. The highest BCUT2D eigenvalue weighted by atomic mass is 32.2. The van der Waals surface area contributed by atoms with Gasteiger partial charge in [-0.1, -0.05) is 42.5 Å². The van der Waals surface area contributed by atoms with Crippen molar-refractivity contribution in [1.29, 1.82) is 0 Å². The number of guanidine groups is 1. The molecule has 1 fully saturated rings. The molecular weight excluding hydrogens is 364 g/mol. The molecule has 2 aliphatic rings. The number of hydrogen-bond acceptors (Lipinski definition) is 3. The second-order valence-electron chi connectivity index (χ2n) is 7.42. The van der Waals surface area contributed by atoms with Crippen molar-refractivity contribution in [3.8, 4) is 0 Å². The van der Waals surface area contributed by atoms with Crippen molar-refractivity contribution in [1.82, 2.24) is 10.6 Å². The van der Waals surface area contributed by atoms with E-state index < -0.39 is 0 Å². The summed E-state index contributed by atoms with van der Waals surface area (Å²) < 4.78 is 0.307. The maximum atomic E-state index is 4.41. The van der Waals surface area contributed by atoms with Crippen molar-refractivity contribution >= 4 is 23.4 Å². The van der Waals surface area contributed by atoms with Gasteiger partial charge in [-0.05, 0) is 42.7 Å². The fourth-order valence-electron chi connectivity index (χ4n) is 3.40. The van der Waals surface area contributed by atoms with Crippen LogP contribution in [-0.2, 0) is 6.54 Å². The standard InChI is InChI=1S/C23H28N4S/c1-24-22(26-18-23(12-13-23)28-21-10-3-2-4-11-21)25-17-19-8-7-9-20(16-19)27-14-5-6-15-27/h2-11,16H,12-15,17-18H2,1H3,(H2,24,25,26). The first-order chi connectivity index (χ1) is 13.8. The monoisotopic (exact) mass is 392 g/mol. The molecule has 1 aliphatic carbocycles. The molecule has 0 spiro atoms. The number of hydrogen-bond donors (Lipinski definition) is 2. The van der Waals surface area contributed by atoms with Crippen LogP contribution in [0.4, 0.5) is 5.69 Å². The van der Waals surface area contributed by atoms with E-state index in [9.17, 15) is 0 Å². The Kier molecular flexibility index (Phi) is 5.91. The summed E-state index contributed by atoms with van der Waals surface area (Å²) in [6, 6.07) is 19.4. The Hall–Kier alpha value is -2.40. The minimum absolute atomic E-state index is 0.307. The van der Waals surface area contributed by atoms with E-state index in [1.54, 1.807) is 0 Å². The fourth-order valence-corrected chi connectivity index (χ4v) is 4.64. The maximum Gasteiger partial charge on any atom is 0.191 e. The van der Waals surface area contributed by atoms with E-state index in [1.165, 1.54) is 29.0 Å². The van der Waals surface area contributed by atoms with Crippen molar-refractivity contribution < 1.29 is 0 Å². The summed E-state index contributed by atoms with van der Waals surface area (Å²) >= 11 is 1.98. The lowest BCUT2D eigenvalue weighted by Crippen LogP contribution is -2.40. The molecular formula is C23H28N4S. The number of nitrogens with zero attached hydrogens (tertiary/aromatic N) is 2. The molecule has 1 aliphatic heterocycles. The summed E-state index contributed by atoms with van der Waals surface area (Å²) in [6.45, 7) is 3.71. The average Bonchev–Trinajstić information content (AvgIpc) is 3.27. The first kappa shape index (κ1) is 18.9. The Morgan fingerprint density at radius 1 is 1.04 bits per heavy atom. The molecule has 0 radical (unpaired) electrons. The van der Waals surface area contributed by atoms with E-state index in [0.29, 0.717) is 4.75 Å². The summed E-state index contributed by atoms with van der Waals surface area (Å²) in [5, 5.41) is 6.99. The predicted molar refractivity (Wildman–Crippen MR) is 120 cm³/mol. The Bertz CT molecular complexity index is 835. The van der Waals surface area contributed by atoms with Crippen LogP contribution in [0.25, 0.3) is 0 Å². The SMILES string of the molecule is CN=C(NCc1cccc(N2CC=CC2)c1)NCC1(Sc2ccccc2)CC1. The zero-order valence-corrected chi connectivity index (χ0v) is 17.2. The predicted octanol–water partition coefficient (Wildman–Crippen LogP) is 4.05. The van der Waals surface area contributed by atoms with Gasteiger partial charge in [0.2, 0.25) is 0 Å². The Labute approximate surface area is 172 Å². The molecule has 2 N–H and O–H groups in total. The summed E-state index contributed by atoms with van der Waals surface area (Å²) in [7, 11) is 1.84. The topological polar surface area (TPSA) is 39.7 Å². The van der Waals surface area contributed by atoms with Gasteiger partial charge in [0.1, 0.15) is 0 Å². The second kappa shape index (κ2) is 8.74. The van der Waals surface area contributed by atoms with E-state index in [2.05, 4.69) is 87.3 Å². The summed E-state index contributed by atoms with van der Waals surface area (Å²) in [6.07, 6.45) is 6.95. The smallest absolute Gasteiger partial charge is 0.191 e. The van der Waals surface area contributed by atoms with Gasteiger partial charge >= 0.3 is 0 Å². The Morgan fingerprint density at radius 3 is 2.54 bits per heavy atom. The highest BCUT2D eigenvalue weighted by Crippen LogP contribution is 2.51. The molecule has 1 heterocycles. The van der Waals surface area contributed by atoms with Crippen LogP contribution in [0, 0.1) is 0 Å². The number of nitrogens with one attached hydrogen (secondary N) is 2. The van der Waals surface area contributed by atoms with Crippen molar-refractivity contribution in [3.05, 3.63) is 72.3 Å². The van der Waals surface area contributed by atoms with Crippen molar-refractivity contribution in [2.75, 3.05) is 31.6 Å². The lowest BCUT2D eigenvalue weighted by molar-refractivity contribution is 0.766. The molecule has 2 aromatic carbocycles. The van der Waals surface area contributed by atoms with Crippen LogP contribution in [0.5, 0.6) is 0 Å². The van der Waals surface area contributed by atoms with Gasteiger partial charge in [-0.3, -0.25) is 4.99 Å². The largest absolute Gasteiger partial charge is 0.364 e. The third kappa shape index (κ3) is 4.90. The van der Waals surface area contributed by atoms with E-state index in [1.807, 2.05) is 18.8 Å². The fraction of sp³-hybridized carbons (Fsp3) is 0.348. The van der Waals surface area contributed by atoms with Gasteiger partial charge in [0.25, 0.3) is 0 Å². The van der Waals surface area contributed by atoms with Crippen LogP contribution in [0.1, 0.15) is 18.4 Å². The van der Waals surface area contributed by atoms with Crippen LogP contribution in [-0.4, -0.2) is 37.4 Å². The molecule has 4 rings (SSSR count). The average molecular weight is 393 g/mol. The number of thioether (sulfide) groups is 1. The zero-order valence-electron chi connectivity index (χ0n) is 16.4. The third-order valence-corrected chi connectivity index (χ3v) is 6.73. The highest BCUT2D eigenvalue weighted by Gasteiger charge is 2.43. The molecule has 0 aromatic heterocycles. The Balaban J connectivity index is 1.28. The molecule has 5 heteroatoms. The van der Waals surface area contributed by atoms with Crippen LogP contribution >= 0.6 is 11.8 Å². The second-order valence-corrected chi connectivity index (χ2v) is 8.97. The van der Waals surface area contributed by atoms with E-state index in [-0.39, 0.29) is 0 Å². The van der Waals surface area contributed by atoms with Crippen molar-refractivity contribution in [2.45, 2.75) is 29.0 Å². The summed E-state index contributed by atoms with van der Waals surface area (Å²) in [4.78, 5) is 8.12. The quantitative estimate of drug-likeness (QED) is 0.424. The van der Waals surface area contributed by atoms with Gasteiger partial charge in [0, 0.05) is 48.6 Å². The van der Waals surface area contributed by atoms with Gasteiger partial charge < -0.3 is 15.5 Å². The minimum Gasteiger partial charge on any atom is -0.364 e. The van der Waals surface area contributed by atoms with Gasteiger partial charge in [-0.15, -0.1) is 11.8 Å².